The van der Waals surface area contributed by atoms with E-state index in [-0.39, 0.29) is 10.6 Å². The average Bonchev–Trinajstić information content (AvgIpc) is 2.45. The Morgan fingerprint density at radius 3 is 2.45 bits per heavy atom. The van der Waals surface area contributed by atoms with Crippen LogP contribution in [0.3, 0.4) is 0 Å². The van der Waals surface area contributed by atoms with Gasteiger partial charge in [0.1, 0.15) is 0 Å². The topological polar surface area (TPSA) is 55.2 Å². The molecule has 4 nitrogen and oxygen atoms in total. The van der Waals surface area contributed by atoms with Crippen molar-refractivity contribution < 1.29 is 4.92 Å². The molecule has 4 heteroatoms. The van der Waals surface area contributed by atoms with Crippen LogP contribution in [0.2, 0.25) is 0 Å². The van der Waals surface area contributed by atoms with Gasteiger partial charge in [0.25, 0.3) is 5.69 Å². The van der Waals surface area contributed by atoms with Crippen molar-refractivity contribution >= 4 is 11.4 Å². The molecule has 20 heavy (non-hydrogen) atoms. The molecule has 0 atom stereocenters. The molecule has 0 aromatic heterocycles. The average molecular weight is 270 g/mol. The van der Waals surface area contributed by atoms with E-state index < -0.39 is 0 Å². The second kappa shape index (κ2) is 6.19. The van der Waals surface area contributed by atoms with E-state index in [2.05, 4.69) is 24.4 Å². The summed E-state index contributed by atoms with van der Waals surface area (Å²) in [5.41, 5.74) is 4.30. The van der Waals surface area contributed by atoms with E-state index in [0.29, 0.717) is 5.56 Å². The molecule has 0 saturated carbocycles. The van der Waals surface area contributed by atoms with Crippen LogP contribution in [0.25, 0.3) is 0 Å². The summed E-state index contributed by atoms with van der Waals surface area (Å²) in [5.74, 6) is 0. The fourth-order valence-corrected chi connectivity index (χ4v) is 2.24. The molecule has 0 heterocycles. The van der Waals surface area contributed by atoms with Gasteiger partial charge in [-0.05, 0) is 36.6 Å². The Morgan fingerprint density at radius 1 is 1.15 bits per heavy atom. The molecule has 0 radical (unpaired) electrons. The van der Waals surface area contributed by atoms with Crippen molar-refractivity contribution in [2.24, 2.45) is 0 Å². The zero-order chi connectivity index (χ0) is 14.5. The highest BCUT2D eigenvalue weighted by atomic mass is 16.6. The van der Waals surface area contributed by atoms with Crippen LogP contribution in [-0.2, 0) is 13.0 Å². The Kier molecular flexibility index (Phi) is 4.35. The van der Waals surface area contributed by atoms with Gasteiger partial charge >= 0.3 is 0 Å². The molecule has 0 amide bonds. The maximum Gasteiger partial charge on any atom is 0.272 e. The van der Waals surface area contributed by atoms with Gasteiger partial charge in [-0.1, -0.05) is 31.2 Å². The predicted octanol–water partition coefficient (Wildman–Crippen LogP) is 4.08. The first-order chi connectivity index (χ1) is 9.61. The standard InChI is InChI=1S/C16H18N2O2/c1-3-13-6-4-5-7-14(13)11-17-15-8-9-16(18(19)20)12(2)10-15/h4-10,17H,3,11H2,1-2H3. The van der Waals surface area contributed by atoms with Gasteiger partial charge in [0.2, 0.25) is 0 Å². The molecule has 1 N–H and O–H groups in total. The van der Waals surface area contributed by atoms with E-state index >= 15 is 0 Å². The summed E-state index contributed by atoms with van der Waals surface area (Å²) in [4.78, 5) is 10.4. The third-order valence-corrected chi connectivity index (χ3v) is 3.38. The molecule has 0 spiro atoms. The van der Waals surface area contributed by atoms with Gasteiger partial charge in [-0.2, -0.15) is 0 Å². The second-order valence-electron chi connectivity index (χ2n) is 4.73. The molecule has 0 fully saturated rings. The summed E-state index contributed by atoms with van der Waals surface area (Å²) in [5, 5.41) is 14.1. The number of nitro groups is 1. The molecule has 0 aliphatic heterocycles. The van der Waals surface area contributed by atoms with Crippen LogP contribution < -0.4 is 5.32 Å². The molecular weight excluding hydrogens is 252 g/mol. The zero-order valence-corrected chi connectivity index (χ0v) is 11.7. The largest absolute Gasteiger partial charge is 0.381 e. The molecular formula is C16H18N2O2. The molecule has 104 valence electrons. The van der Waals surface area contributed by atoms with Gasteiger partial charge in [-0.3, -0.25) is 10.1 Å². The highest BCUT2D eigenvalue weighted by molar-refractivity contribution is 5.53. The van der Waals surface area contributed by atoms with Crippen molar-refractivity contribution in [2.45, 2.75) is 26.8 Å². The minimum atomic E-state index is -0.356. The van der Waals surface area contributed by atoms with Gasteiger partial charge in [0.05, 0.1) is 4.92 Å². The minimum Gasteiger partial charge on any atom is -0.381 e. The van der Waals surface area contributed by atoms with Crippen LogP contribution in [0, 0.1) is 17.0 Å². The molecule has 2 rings (SSSR count). The smallest absolute Gasteiger partial charge is 0.272 e. The van der Waals surface area contributed by atoms with Crippen molar-refractivity contribution in [3.8, 4) is 0 Å². The number of benzene rings is 2. The van der Waals surface area contributed by atoms with Crippen molar-refractivity contribution in [3.05, 3.63) is 69.3 Å². The number of anilines is 1. The monoisotopic (exact) mass is 270 g/mol. The Bertz CT molecular complexity index is 624. The molecule has 0 aliphatic carbocycles. The Labute approximate surface area is 118 Å². The zero-order valence-electron chi connectivity index (χ0n) is 11.7. The van der Waals surface area contributed by atoms with Crippen molar-refractivity contribution in [3.63, 3.8) is 0 Å². The highest BCUT2D eigenvalue weighted by Gasteiger charge is 2.10. The summed E-state index contributed by atoms with van der Waals surface area (Å²) in [7, 11) is 0. The van der Waals surface area contributed by atoms with Crippen LogP contribution in [0.1, 0.15) is 23.6 Å². The number of nitro benzene ring substituents is 1. The third-order valence-electron chi connectivity index (χ3n) is 3.38. The van der Waals surface area contributed by atoms with E-state index in [9.17, 15) is 10.1 Å². The van der Waals surface area contributed by atoms with Crippen LogP contribution >= 0.6 is 0 Å². The van der Waals surface area contributed by atoms with Gasteiger partial charge in [0, 0.05) is 23.9 Å². The fraction of sp³-hybridized carbons (Fsp3) is 0.250. The van der Waals surface area contributed by atoms with Crippen LogP contribution in [0.15, 0.2) is 42.5 Å². The molecule has 0 saturated heterocycles. The summed E-state index contributed by atoms with van der Waals surface area (Å²) >= 11 is 0. The summed E-state index contributed by atoms with van der Waals surface area (Å²) in [6.07, 6.45) is 0.997. The first kappa shape index (κ1) is 14.1. The van der Waals surface area contributed by atoms with Gasteiger partial charge < -0.3 is 5.32 Å². The van der Waals surface area contributed by atoms with Crippen LogP contribution in [-0.4, -0.2) is 4.92 Å². The van der Waals surface area contributed by atoms with E-state index in [1.165, 1.54) is 11.1 Å². The SMILES string of the molecule is CCc1ccccc1CNc1ccc([N+](=O)[O-])c(C)c1. The number of rotatable bonds is 5. The lowest BCUT2D eigenvalue weighted by Crippen LogP contribution is -2.03. The lowest BCUT2D eigenvalue weighted by Gasteiger charge is -2.10. The van der Waals surface area contributed by atoms with Gasteiger partial charge in [0.15, 0.2) is 0 Å². The molecule has 0 unspecified atom stereocenters. The van der Waals surface area contributed by atoms with Gasteiger partial charge in [-0.25, -0.2) is 0 Å². The Hall–Kier alpha value is -2.36. The molecule has 2 aromatic rings. The summed E-state index contributed by atoms with van der Waals surface area (Å²) in [6.45, 7) is 4.61. The molecule has 0 bridgehead atoms. The number of hydrogen-bond donors (Lipinski definition) is 1. The lowest BCUT2D eigenvalue weighted by atomic mass is 10.1. The predicted molar refractivity (Wildman–Crippen MR) is 81.0 cm³/mol. The minimum absolute atomic E-state index is 0.157. The summed E-state index contributed by atoms with van der Waals surface area (Å²) < 4.78 is 0. The van der Waals surface area contributed by atoms with E-state index in [0.717, 1.165) is 18.7 Å². The Morgan fingerprint density at radius 2 is 1.85 bits per heavy atom. The number of nitrogens with zero attached hydrogens (tertiary/aromatic N) is 1. The lowest BCUT2D eigenvalue weighted by molar-refractivity contribution is -0.385. The first-order valence-corrected chi connectivity index (χ1v) is 6.67. The van der Waals surface area contributed by atoms with Crippen molar-refractivity contribution in [1.82, 2.24) is 0 Å². The highest BCUT2D eigenvalue weighted by Crippen LogP contribution is 2.22. The molecule has 2 aromatic carbocycles. The second-order valence-corrected chi connectivity index (χ2v) is 4.73. The van der Waals surface area contributed by atoms with E-state index in [1.54, 1.807) is 19.1 Å². The fourth-order valence-electron chi connectivity index (χ4n) is 2.24. The van der Waals surface area contributed by atoms with Crippen molar-refractivity contribution in [2.75, 3.05) is 5.32 Å². The van der Waals surface area contributed by atoms with Crippen LogP contribution in [0.5, 0.6) is 0 Å². The number of aryl methyl sites for hydroxylation is 2. The van der Waals surface area contributed by atoms with E-state index in [1.807, 2.05) is 18.2 Å². The maximum atomic E-state index is 10.8. The number of nitrogens with one attached hydrogen (secondary N) is 1. The van der Waals surface area contributed by atoms with E-state index in [4.69, 9.17) is 0 Å². The normalized spacial score (nSPS) is 10.3. The van der Waals surface area contributed by atoms with Gasteiger partial charge in [-0.15, -0.1) is 0 Å². The number of hydrogen-bond acceptors (Lipinski definition) is 3. The third kappa shape index (κ3) is 3.15. The van der Waals surface area contributed by atoms with Crippen molar-refractivity contribution in [1.29, 1.82) is 0 Å². The maximum absolute atomic E-state index is 10.8. The Balaban J connectivity index is 2.11. The first-order valence-electron chi connectivity index (χ1n) is 6.67. The summed E-state index contributed by atoms with van der Waals surface area (Å²) in [6, 6.07) is 13.4. The quantitative estimate of drug-likeness (QED) is 0.658. The van der Waals surface area contributed by atoms with Crippen LogP contribution in [0.4, 0.5) is 11.4 Å². The molecule has 0 aliphatic rings.